The highest BCUT2D eigenvalue weighted by Crippen LogP contribution is 2.47. The van der Waals surface area contributed by atoms with Crippen LogP contribution in [0.5, 0.6) is 0 Å². The summed E-state index contributed by atoms with van der Waals surface area (Å²) < 4.78 is 7.92. The highest BCUT2D eigenvalue weighted by Gasteiger charge is 2.42. The fourth-order valence-corrected chi connectivity index (χ4v) is 13.9. The first-order chi connectivity index (χ1) is 34.7. The summed E-state index contributed by atoms with van der Waals surface area (Å²) in [5.41, 5.74) is 15.2. The van der Waals surface area contributed by atoms with E-state index in [0.29, 0.717) is 0 Å². The van der Waals surface area contributed by atoms with Crippen LogP contribution in [0.2, 0.25) is 0 Å². The zero-order chi connectivity index (χ0) is 45.1. The first-order valence-corrected chi connectivity index (χ1v) is 24.5. The Kier molecular flexibility index (Phi) is 6.43. The summed E-state index contributed by atoms with van der Waals surface area (Å²) in [5, 5.41) is 23.0. The van der Waals surface area contributed by atoms with Gasteiger partial charge in [-0.05, 0) is 130 Å². The van der Waals surface area contributed by atoms with Crippen LogP contribution < -0.4 is 16.4 Å². The normalized spacial score (nSPS) is 13.1. The number of rotatable bonds is 1. The lowest BCUT2D eigenvalue weighted by molar-refractivity contribution is 1.11. The zero-order valence-corrected chi connectivity index (χ0v) is 37.7. The average molecular weight is 882 g/mol. The Bertz CT molecular complexity index is 4830. The number of nitrogens with zero attached hydrogens (tertiary/aromatic N) is 3. The lowest BCUT2D eigenvalue weighted by atomic mass is 9.34. The van der Waals surface area contributed by atoms with E-state index in [1.54, 1.807) is 0 Å². The third-order valence-corrected chi connectivity index (χ3v) is 16.6. The second-order valence-corrected chi connectivity index (χ2v) is 20.0. The van der Waals surface area contributed by atoms with Crippen molar-refractivity contribution < 1.29 is 0 Å². The molecule has 2 aliphatic rings. The second-order valence-electron chi connectivity index (χ2n) is 20.0. The molecule has 0 radical (unpaired) electrons. The molecule has 3 aromatic heterocycles. The van der Waals surface area contributed by atoms with E-state index in [9.17, 15) is 0 Å². The van der Waals surface area contributed by atoms with Crippen molar-refractivity contribution in [3.63, 3.8) is 0 Å². The van der Waals surface area contributed by atoms with E-state index in [2.05, 4.69) is 232 Å². The van der Waals surface area contributed by atoms with E-state index in [0.717, 1.165) is 5.69 Å². The van der Waals surface area contributed by atoms with Crippen LogP contribution in [0.4, 0.5) is 0 Å². The Morgan fingerprint density at radius 1 is 0.257 bits per heavy atom. The highest BCUT2D eigenvalue weighted by molar-refractivity contribution is 7.00. The molecule has 0 atom stereocenters. The van der Waals surface area contributed by atoms with Gasteiger partial charge in [0, 0.05) is 43.7 Å². The van der Waals surface area contributed by atoms with Gasteiger partial charge in [0.1, 0.15) is 0 Å². The number of fused-ring (bicyclic) bond motifs is 23. The lowest BCUT2D eigenvalue weighted by Gasteiger charge is -2.34. The van der Waals surface area contributed by atoms with Crippen molar-refractivity contribution in [3.8, 4) is 17.1 Å². The van der Waals surface area contributed by atoms with Crippen LogP contribution in [0.15, 0.2) is 218 Å². The van der Waals surface area contributed by atoms with Gasteiger partial charge < -0.3 is 13.7 Å². The Morgan fingerprint density at radius 2 is 0.629 bits per heavy atom. The third kappa shape index (κ3) is 4.27. The van der Waals surface area contributed by atoms with Gasteiger partial charge in [-0.25, -0.2) is 0 Å². The summed E-state index contributed by atoms with van der Waals surface area (Å²) in [7, 11) is 0. The van der Waals surface area contributed by atoms with Crippen molar-refractivity contribution in [1.82, 2.24) is 13.7 Å². The van der Waals surface area contributed by atoms with Gasteiger partial charge in [0.15, 0.2) is 0 Å². The Labute approximate surface area is 400 Å². The zero-order valence-electron chi connectivity index (χ0n) is 37.7. The van der Waals surface area contributed by atoms with Crippen LogP contribution in [0.25, 0.3) is 147 Å². The smallest absolute Gasteiger partial charge is 0.252 e. The van der Waals surface area contributed by atoms with E-state index in [1.165, 1.54) is 158 Å². The quantitative estimate of drug-likeness (QED) is 0.146. The largest absolute Gasteiger partial charge is 0.310 e. The van der Waals surface area contributed by atoms with E-state index in [1.807, 2.05) is 0 Å². The van der Waals surface area contributed by atoms with Crippen LogP contribution >= 0.6 is 0 Å². The summed E-state index contributed by atoms with van der Waals surface area (Å²) in [6.45, 7) is -0.0320. The van der Waals surface area contributed by atoms with Gasteiger partial charge in [-0.3, -0.25) is 0 Å². The van der Waals surface area contributed by atoms with Crippen LogP contribution in [-0.4, -0.2) is 20.4 Å². The molecule has 0 saturated heterocycles. The predicted molar refractivity (Wildman–Crippen MR) is 299 cm³/mol. The maximum atomic E-state index is 2.67. The predicted octanol–water partition coefficient (Wildman–Crippen LogP) is 15.0. The minimum Gasteiger partial charge on any atom is -0.310 e. The molecule has 0 aliphatic carbocycles. The van der Waals surface area contributed by atoms with Crippen LogP contribution in [0.3, 0.4) is 0 Å². The summed E-state index contributed by atoms with van der Waals surface area (Å²) >= 11 is 0. The van der Waals surface area contributed by atoms with E-state index in [-0.39, 0.29) is 6.71 Å². The average Bonchev–Trinajstić information content (AvgIpc) is 4.07. The first kappa shape index (κ1) is 36.0. The molecule has 0 bridgehead atoms. The summed E-state index contributed by atoms with van der Waals surface area (Å²) in [6, 6.07) is 83.2. The number of benzene rings is 13. The molecule has 0 saturated carbocycles. The van der Waals surface area contributed by atoms with E-state index >= 15 is 0 Å². The van der Waals surface area contributed by atoms with Gasteiger partial charge in [-0.1, -0.05) is 170 Å². The fraction of sp³-hybridized carbons (Fsp3) is 0. The molecule has 5 heterocycles. The summed E-state index contributed by atoms with van der Waals surface area (Å²) in [4.78, 5) is 0. The topological polar surface area (TPSA) is 14.8 Å². The van der Waals surface area contributed by atoms with Crippen molar-refractivity contribution >= 4 is 153 Å². The van der Waals surface area contributed by atoms with Crippen molar-refractivity contribution in [3.05, 3.63) is 218 Å². The molecule has 4 heteroatoms. The second kappa shape index (κ2) is 12.5. The molecule has 0 fully saturated rings. The van der Waals surface area contributed by atoms with Gasteiger partial charge in [0.25, 0.3) is 6.71 Å². The Hall–Kier alpha value is -9.12. The Balaban J connectivity index is 1.11. The molecule has 0 unspecified atom stereocenters. The van der Waals surface area contributed by atoms with Crippen LogP contribution in [0, 0.1) is 0 Å². The molecule has 0 N–H and O–H groups in total. The fourth-order valence-electron chi connectivity index (χ4n) is 13.9. The maximum absolute atomic E-state index is 2.67. The molecule has 0 spiro atoms. The molecule has 16 aromatic rings. The minimum atomic E-state index is -0.0320. The molecule has 2 aliphatic heterocycles. The number of aromatic nitrogens is 3. The SMILES string of the molecule is c1ccc2cc3c(cc2c1)c1cc2ccccc2cc1n3-c1cc2c3c(c1)-n1c4ccc5ccccc5c4c4c5ccccc5cc(c41)B3c1cc3ccccc3c3c4c5ccccc5ccc4n-2c13. The molecule has 70 heavy (non-hydrogen) atoms. The lowest BCUT2D eigenvalue weighted by Crippen LogP contribution is -2.59. The van der Waals surface area contributed by atoms with E-state index in [4.69, 9.17) is 0 Å². The Morgan fingerprint density at radius 3 is 1.07 bits per heavy atom. The third-order valence-electron chi connectivity index (χ3n) is 16.6. The molecule has 18 rings (SSSR count). The van der Waals surface area contributed by atoms with Gasteiger partial charge in [0.05, 0.1) is 38.8 Å². The van der Waals surface area contributed by atoms with Gasteiger partial charge in [-0.2, -0.15) is 0 Å². The molecule has 13 aromatic carbocycles. The molecular formula is C66H36BN3. The van der Waals surface area contributed by atoms with Gasteiger partial charge in [0.2, 0.25) is 0 Å². The van der Waals surface area contributed by atoms with Crippen LogP contribution in [-0.2, 0) is 0 Å². The van der Waals surface area contributed by atoms with Crippen molar-refractivity contribution in [2.45, 2.75) is 0 Å². The van der Waals surface area contributed by atoms with Crippen molar-refractivity contribution in [1.29, 1.82) is 0 Å². The standard InChI is InChI=1S/C66H36BN3/c1-3-17-41-33-56-50(29-39(41)15-1)51-30-40-16-2-4-18-42(40)34-57(51)68(56)45-35-58-64-59(36-45)70-55-28-26-38-14-6-10-22-47(38)61(55)63-49-24-12-8-20-44(49)32-53(66(63)70)67(64)52-31-43-19-7-11-23-48(43)62-60-46-21-9-5-13-37(46)25-27-54(60)69(58)65(52)62/h1-36H. The number of hydrogen-bond donors (Lipinski definition) is 0. The summed E-state index contributed by atoms with van der Waals surface area (Å²) in [5.74, 6) is 0. The van der Waals surface area contributed by atoms with E-state index < -0.39 is 0 Å². The van der Waals surface area contributed by atoms with Crippen molar-refractivity contribution in [2.24, 2.45) is 0 Å². The van der Waals surface area contributed by atoms with Crippen molar-refractivity contribution in [2.75, 3.05) is 0 Å². The molecular weight excluding hydrogens is 846 g/mol. The molecule has 3 nitrogen and oxygen atoms in total. The monoisotopic (exact) mass is 881 g/mol. The minimum absolute atomic E-state index is 0.0320. The van der Waals surface area contributed by atoms with Gasteiger partial charge in [-0.15, -0.1) is 0 Å². The highest BCUT2D eigenvalue weighted by atomic mass is 15.1. The molecule has 0 amide bonds. The molecule has 318 valence electrons. The number of hydrogen-bond acceptors (Lipinski definition) is 0. The summed E-state index contributed by atoms with van der Waals surface area (Å²) in [6.07, 6.45) is 0. The van der Waals surface area contributed by atoms with Gasteiger partial charge >= 0.3 is 0 Å². The van der Waals surface area contributed by atoms with Crippen LogP contribution in [0.1, 0.15) is 0 Å². The maximum Gasteiger partial charge on any atom is 0.252 e. The first-order valence-electron chi connectivity index (χ1n) is 24.5.